The molecule has 5 nitrogen and oxygen atoms in total. The fourth-order valence-electron chi connectivity index (χ4n) is 2.96. The van der Waals surface area contributed by atoms with E-state index >= 15 is 0 Å². The first kappa shape index (κ1) is 23.0. The lowest BCUT2D eigenvalue weighted by Crippen LogP contribution is -2.53. The minimum absolute atomic E-state index is 0. The van der Waals surface area contributed by atoms with E-state index in [1.165, 1.54) is 0 Å². The number of carbonyl (C=O) groups excluding carboxylic acids is 2. The van der Waals surface area contributed by atoms with Crippen molar-refractivity contribution in [2.24, 2.45) is 5.73 Å². The second-order valence-corrected chi connectivity index (χ2v) is 7.39. The van der Waals surface area contributed by atoms with Gasteiger partial charge in [0, 0.05) is 24.2 Å². The Morgan fingerprint density at radius 1 is 1.27 bits per heavy atom. The summed E-state index contributed by atoms with van der Waals surface area (Å²) in [7, 11) is 0. The van der Waals surface area contributed by atoms with Crippen LogP contribution in [0.2, 0.25) is 10.0 Å². The van der Waals surface area contributed by atoms with E-state index in [1.54, 1.807) is 23.1 Å². The molecular formula is C18H26Cl3N3O2. The molecule has 0 spiro atoms. The lowest BCUT2D eigenvalue weighted by molar-refractivity contribution is -0.125. The Bertz CT molecular complexity index is 651. The minimum Gasteiger partial charge on any atom is -0.352 e. The van der Waals surface area contributed by atoms with E-state index in [2.05, 4.69) is 5.32 Å². The number of carbonyl (C=O) groups is 2. The molecule has 2 rings (SSSR count). The van der Waals surface area contributed by atoms with Crippen LogP contribution in [0.4, 0.5) is 0 Å². The van der Waals surface area contributed by atoms with Gasteiger partial charge in [-0.05, 0) is 43.9 Å². The van der Waals surface area contributed by atoms with Crippen LogP contribution in [0.5, 0.6) is 0 Å². The third-order valence-electron chi connectivity index (χ3n) is 5.01. The monoisotopic (exact) mass is 421 g/mol. The zero-order valence-electron chi connectivity index (χ0n) is 15.1. The summed E-state index contributed by atoms with van der Waals surface area (Å²) in [5.74, 6) is -0.358. The SMILES string of the molecule is CCC(N)(CC)CNC(=O)C1CCCN1C(=O)c1ccc(Cl)c(Cl)c1.Cl. The molecule has 1 fully saturated rings. The van der Waals surface area contributed by atoms with Crippen LogP contribution in [0.15, 0.2) is 18.2 Å². The highest BCUT2D eigenvalue weighted by atomic mass is 35.5. The molecule has 0 radical (unpaired) electrons. The number of nitrogens with zero attached hydrogens (tertiary/aromatic N) is 1. The lowest BCUT2D eigenvalue weighted by Gasteiger charge is -2.29. The number of halogens is 3. The summed E-state index contributed by atoms with van der Waals surface area (Å²) in [6, 6.07) is 4.29. The molecule has 1 heterocycles. The van der Waals surface area contributed by atoms with Crippen molar-refractivity contribution in [3.05, 3.63) is 33.8 Å². The van der Waals surface area contributed by atoms with Crippen molar-refractivity contribution in [1.82, 2.24) is 10.2 Å². The number of likely N-dealkylation sites (tertiary alicyclic amines) is 1. The molecule has 1 aromatic carbocycles. The summed E-state index contributed by atoms with van der Waals surface area (Å²) in [4.78, 5) is 26.9. The molecule has 0 bridgehead atoms. The van der Waals surface area contributed by atoms with E-state index < -0.39 is 11.6 Å². The number of rotatable bonds is 6. The Morgan fingerprint density at radius 2 is 1.92 bits per heavy atom. The molecule has 2 amide bonds. The highest BCUT2D eigenvalue weighted by Crippen LogP contribution is 2.26. The zero-order chi connectivity index (χ0) is 18.6. The number of hydrogen-bond donors (Lipinski definition) is 2. The first-order chi connectivity index (χ1) is 11.8. The van der Waals surface area contributed by atoms with Crippen molar-refractivity contribution >= 4 is 47.4 Å². The third-order valence-corrected chi connectivity index (χ3v) is 5.74. The molecule has 3 N–H and O–H groups in total. The Morgan fingerprint density at radius 3 is 2.50 bits per heavy atom. The molecule has 1 atom stereocenters. The van der Waals surface area contributed by atoms with E-state index in [-0.39, 0.29) is 24.2 Å². The summed E-state index contributed by atoms with van der Waals surface area (Å²) in [6.07, 6.45) is 3.00. The smallest absolute Gasteiger partial charge is 0.254 e. The standard InChI is InChI=1S/C18H25Cl2N3O2.ClH/c1-3-18(21,4-2)11-22-16(24)15-6-5-9-23(15)17(25)12-7-8-13(19)14(20)10-12;/h7-8,10,15H,3-6,9,11,21H2,1-2H3,(H,22,24);1H. The van der Waals surface area contributed by atoms with Crippen molar-refractivity contribution in [3.63, 3.8) is 0 Å². The third kappa shape index (κ3) is 5.26. The first-order valence-corrected chi connectivity index (χ1v) is 9.39. The summed E-state index contributed by atoms with van der Waals surface area (Å²) in [6.45, 7) is 4.97. The van der Waals surface area contributed by atoms with Gasteiger partial charge in [0.05, 0.1) is 10.0 Å². The van der Waals surface area contributed by atoms with Gasteiger partial charge in [0.1, 0.15) is 6.04 Å². The molecule has 146 valence electrons. The van der Waals surface area contributed by atoms with Crippen molar-refractivity contribution in [1.29, 1.82) is 0 Å². The van der Waals surface area contributed by atoms with Gasteiger partial charge in [-0.1, -0.05) is 37.0 Å². The highest BCUT2D eigenvalue weighted by Gasteiger charge is 2.35. The van der Waals surface area contributed by atoms with Crippen LogP contribution in [-0.2, 0) is 4.79 Å². The predicted octanol–water partition coefficient (Wildman–Crippen LogP) is 3.65. The van der Waals surface area contributed by atoms with Gasteiger partial charge in [0.15, 0.2) is 0 Å². The molecule has 1 saturated heterocycles. The maximum Gasteiger partial charge on any atom is 0.254 e. The maximum absolute atomic E-state index is 12.8. The molecule has 0 aromatic heterocycles. The number of amides is 2. The minimum atomic E-state index is -0.472. The first-order valence-electron chi connectivity index (χ1n) is 8.64. The molecule has 1 unspecified atom stereocenters. The summed E-state index contributed by atoms with van der Waals surface area (Å²) in [5, 5.41) is 3.64. The zero-order valence-corrected chi connectivity index (χ0v) is 17.4. The molecule has 0 saturated carbocycles. The van der Waals surface area contributed by atoms with Crippen molar-refractivity contribution < 1.29 is 9.59 Å². The van der Waals surface area contributed by atoms with Gasteiger partial charge in [0.25, 0.3) is 5.91 Å². The van der Waals surface area contributed by atoms with Crippen LogP contribution in [0.1, 0.15) is 49.9 Å². The number of hydrogen-bond acceptors (Lipinski definition) is 3. The van der Waals surface area contributed by atoms with E-state index in [0.29, 0.717) is 35.1 Å². The molecule has 1 aliphatic rings. The van der Waals surface area contributed by atoms with E-state index in [4.69, 9.17) is 28.9 Å². The van der Waals surface area contributed by atoms with E-state index in [1.807, 2.05) is 13.8 Å². The van der Waals surface area contributed by atoms with Gasteiger partial charge >= 0.3 is 0 Å². The largest absolute Gasteiger partial charge is 0.352 e. The van der Waals surface area contributed by atoms with Crippen molar-refractivity contribution in [2.75, 3.05) is 13.1 Å². The quantitative estimate of drug-likeness (QED) is 0.734. The van der Waals surface area contributed by atoms with Gasteiger partial charge in [-0.3, -0.25) is 9.59 Å². The summed E-state index contributed by atoms with van der Waals surface area (Å²) in [5.41, 5.74) is 6.26. The molecule has 1 aliphatic heterocycles. The maximum atomic E-state index is 12.8. The second-order valence-electron chi connectivity index (χ2n) is 6.57. The van der Waals surface area contributed by atoms with Crippen molar-refractivity contribution in [3.8, 4) is 0 Å². The lowest BCUT2D eigenvalue weighted by atomic mass is 9.94. The summed E-state index contributed by atoms with van der Waals surface area (Å²) >= 11 is 11.9. The Labute approximate surface area is 171 Å². The van der Waals surface area contributed by atoms with Gasteiger partial charge < -0.3 is 16.0 Å². The van der Waals surface area contributed by atoms with Gasteiger partial charge in [-0.25, -0.2) is 0 Å². The van der Waals surface area contributed by atoms with Crippen LogP contribution < -0.4 is 11.1 Å². The molecule has 0 aliphatic carbocycles. The fourth-order valence-corrected chi connectivity index (χ4v) is 3.26. The molecular weight excluding hydrogens is 397 g/mol. The second kappa shape index (κ2) is 9.79. The van der Waals surface area contributed by atoms with E-state index in [0.717, 1.165) is 19.3 Å². The topological polar surface area (TPSA) is 75.4 Å². The van der Waals surface area contributed by atoms with Crippen LogP contribution in [0, 0.1) is 0 Å². The molecule has 8 heteroatoms. The summed E-state index contributed by atoms with van der Waals surface area (Å²) < 4.78 is 0. The Kier molecular flexibility index (Phi) is 8.67. The predicted molar refractivity (Wildman–Crippen MR) is 108 cm³/mol. The number of nitrogens with one attached hydrogen (secondary N) is 1. The van der Waals surface area contributed by atoms with E-state index in [9.17, 15) is 9.59 Å². The van der Waals surface area contributed by atoms with Crippen LogP contribution in [-0.4, -0.2) is 41.4 Å². The van der Waals surface area contributed by atoms with Crippen LogP contribution in [0.25, 0.3) is 0 Å². The number of benzene rings is 1. The van der Waals surface area contributed by atoms with Gasteiger partial charge in [-0.15, -0.1) is 12.4 Å². The normalized spacial score (nSPS) is 17.0. The Balaban J connectivity index is 0.00000338. The molecule has 1 aromatic rings. The average Bonchev–Trinajstić information content (AvgIpc) is 3.11. The van der Waals surface area contributed by atoms with Gasteiger partial charge in [-0.2, -0.15) is 0 Å². The Hall–Kier alpha value is -1.01. The fraction of sp³-hybridized carbons (Fsp3) is 0.556. The van der Waals surface area contributed by atoms with Crippen LogP contribution in [0.3, 0.4) is 0 Å². The molecule has 26 heavy (non-hydrogen) atoms. The average molecular weight is 423 g/mol. The number of nitrogens with two attached hydrogens (primary N) is 1. The highest BCUT2D eigenvalue weighted by molar-refractivity contribution is 6.42. The van der Waals surface area contributed by atoms with Gasteiger partial charge in [0.2, 0.25) is 5.91 Å². The van der Waals surface area contributed by atoms with Crippen molar-refractivity contribution in [2.45, 2.75) is 51.1 Å². The van der Waals surface area contributed by atoms with Crippen LogP contribution >= 0.6 is 35.6 Å².